The molecule has 0 aliphatic carbocycles. The lowest BCUT2D eigenvalue weighted by atomic mass is 10.2. The van der Waals surface area contributed by atoms with Crippen molar-refractivity contribution in [1.29, 1.82) is 0 Å². The van der Waals surface area contributed by atoms with Crippen molar-refractivity contribution in [3.8, 4) is 0 Å². The first-order valence-electron chi connectivity index (χ1n) is 5.91. The Hall–Kier alpha value is -0.710. The summed E-state index contributed by atoms with van der Waals surface area (Å²) in [6.45, 7) is 6.69. The van der Waals surface area contributed by atoms with Gasteiger partial charge in [0.1, 0.15) is 0 Å². The van der Waals surface area contributed by atoms with Crippen molar-refractivity contribution < 1.29 is 8.76 Å². The van der Waals surface area contributed by atoms with E-state index < -0.39 is 11.1 Å². The molecule has 0 radical (unpaired) electrons. The van der Waals surface area contributed by atoms with Crippen molar-refractivity contribution in [2.45, 2.75) is 44.9 Å². The van der Waals surface area contributed by atoms with E-state index in [4.69, 9.17) is 10.3 Å². The predicted molar refractivity (Wildman–Crippen MR) is 73.5 cm³/mol. The average Bonchev–Trinajstić information content (AvgIpc) is 2.26. The highest BCUT2D eigenvalue weighted by atomic mass is 32.2. The van der Waals surface area contributed by atoms with Gasteiger partial charge in [-0.3, -0.25) is 0 Å². The van der Waals surface area contributed by atoms with Crippen LogP contribution in [-0.2, 0) is 11.1 Å². The van der Waals surface area contributed by atoms with E-state index in [0.29, 0.717) is 4.90 Å². The quantitative estimate of drug-likeness (QED) is 0.643. The van der Waals surface area contributed by atoms with Gasteiger partial charge < -0.3 is 10.3 Å². The molecule has 1 aromatic rings. The van der Waals surface area contributed by atoms with Gasteiger partial charge in [0.2, 0.25) is 0 Å². The zero-order valence-corrected chi connectivity index (χ0v) is 11.7. The largest absolute Gasteiger partial charge is 0.330 e. The van der Waals surface area contributed by atoms with Crippen LogP contribution in [0.4, 0.5) is 0 Å². The normalized spacial score (nSPS) is 11.6. The van der Waals surface area contributed by atoms with Crippen LogP contribution in [0.15, 0.2) is 23.1 Å². The van der Waals surface area contributed by atoms with E-state index in [-0.39, 0.29) is 0 Å². The summed E-state index contributed by atoms with van der Waals surface area (Å²) in [6.07, 6.45) is 3.75. The highest BCUT2D eigenvalue weighted by molar-refractivity contribution is 7.79. The molecule has 17 heavy (non-hydrogen) atoms. The molecule has 0 saturated heterocycles. The van der Waals surface area contributed by atoms with Gasteiger partial charge in [0.05, 0.1) is 4.90 Å². The molecule has 3 nitrogen and oxygen atoms in total. The molecule has 0 amide bonds. The average molecular weight is 257 g/mol. The van der Waals surface area contributed by atoms with Gasteiger partial charge in [-0.25, -0.2) is 4.21 Å². The second kappa shape index (κ2) is 9.33. The van der Waals surface area contributed by atoms with E-state index in [1.807, 2.05) is 32.0 Å². The summed E-state index contributed by atoms with van der Waals surface area (Å²) in [5.74, 6) is 0. The molecule has 0 fully saturated rings. The van der Waals surface area contributed by atoms with Gasteiger partial charge in [-0.05, 0) is 37.9 Å². The molecule has 0 aliphatic heterocycles. The van der Waals surface area contributed by atoms with E-state index in [1.165, 1.54) is 19.3 Å². The van der Waals surface area contributed by atoms with Crippen molar-refractivity contribution in [2.24, 2.45) is 5.73 Å². The molecule has 1 rings (SSSR count). The maximum absolute atomic E-state index is 10.8. The number of hydrogen-bond donors (Lipinski definition) is 2. The summed E-state index contributed by atoms with van der Waals surface area (Å²) in [4.78, 5) is 0.535. The van der Waals surface area contributed by atoms with E-state index >= 15 is 0 Å². The van der Waals surface area contributed by atoms with Crippen LogP contribution in [-0.4, -0.2) is 15.3 Å². The molecule has 0 spiro atoms. The van der Waals surface area contributed by atoms with Crippen LogP contribution < -0.4 is 5.73 Å². The first kappa shape index (κ1) is 16.3. The number of unbranched alkanes of at least 4 members (excludes halogenated alkanes) is 2. The van der Waals surface area contributed by atoms with Crippen molar-refractivity contribution in [3.63, 3.8) is 0 Å². The third-order valence-corrected chi connectivity index (χ3v) is 3.38. The second-order valence-corrected chi connectivity index (χ2v) is 4.87. The van der Waals surface area contributed by atoms with Gasteiger partial charge in [-0.2, -0.15) is 0 Å². The topological polar surface area (TPSA) is 63.3 Å². The number of benzene rings is 1. The first-order chi connectivity index (χ1) is 8.04. The van der Waals surface area contributed by atoms with E-state index in [9.17, 15) is 4.21 Å². The fourth-order valence-electron chi connectivity index (χ4n) is 1.47. The van der Waals surface area contributed by atoms with Crippen LogP contribution in [0.3, 0.4) is 0 Å². The Kier molecular flexibility index (Phi) is 8.94. The Morgan fingerprint density at radius 1 is 1.24 bits per heavy atom. The molecule has 1 atom stereocenters. The summed E-state index contributed by atoms with van der Waals surface area (Å²) in [5.41, 5.74) is 6.95. The Morgan fingerprint density at radius 2 is 1.76 bits per heavy atom. The maximum Gasteiger partial charge on any atom is 0.187 e. The standard InChI is InChI=1S/C8H10O2S.C5H13N/c1-6-4-3-5-7(2)8(6)11(9)10;1-2-3-4-5-6/h3-5H,1-2H3,(H,9,10);2-6H2,1H3. The zero-order valence-electron chi connectivity index (χ0n) is 10.9. The van der Waals surface area contributed by atoms with Gasteiger partial charge in [0.25, 0.3) is 0 Å². The van der Waals surface area contributed by atoms with Gasteiger partial charge in [0.15, 0.2) is 11.1 Å². The highest BCUT2D eigenvalue weighted by Gasteiger charge is 2.06. The van der Waals surface area contributed by atoms with Gasteiger partial charge in [-0.1, -0.05) is 38.0 Å². The van der Waals surface area contributed by atoms with Gasteiger partial charge >= 0.3 is 0 Å². The Balaban J connectivity index is 0.000000366. The first-order valence-corrected chi connectivity index (χ1v) is 7.02. The maximum atomic E-state index is 10.8. The SMILES string of the molecule is CCCCCN.Cc1cccc(C)c1S(=O)O. The van der Waals surface area contributed by atoms with Crippen molar-refractivity contribution >= 4 is 11.1 Å². The number of hydrogen-bond acceptors (Lipinski definition) is 2. The molecule has 0 bridgehead atoms. The van der Waals surface area contributed by atoms with E-state index in [1.54, 1.807) is 0 Å². The van der Waals surface area contributed by atoms with Crippen LogP contribution >= 0.6 is 0 Å². The fourth-order valence-corrected chi connectivity index (χ4v) is 2.16. The number of nitrogens with two attached hydrogens (primary N) is 1. The lowest BCUT2D eigenvalue weighted by molar-refractivity contribution is 0.563. The summed E-state index contributed by atoms with van der Waals surface area (Å²) in [5, 5.41) is 0. The van der Waals surface area contributed by atoms with Crippen LogP contribution in [0, 0.1) is 13.8 Å². The third-order valence-electron chi connectivity index (χ3n) is 2.39. The molecule has 3 N–H and O–H groups in total. The smallest absolute Gasteiger partial charge is 0.187 e. The molecule has 0 aliphatic rings. The summed E-state index contributed by atoms with van der Waals surface area (Å²) in [6, 6.07) is 5.54. The van der Waals surface area contributed by atoms with Crippen molar-refractivity contribution in [2.75, 3.05) is 6.54 Å². The molecule has 98 valence electrons. The van der Waals surface area contributed by atoms with Gasteiger partial charge in [-0.15, -0.1) is 0 Å². The molecule has 0 aromatic heterocycles. The molecule has 1 unspecified atom stereocenters. The van der Waals surface area contributed by atoms with Crippen molar-refractivity contribution in [3.05, 3.63) is 29.3 Å². The molecular weight excluding hydrogens is 234 g/mol. The minimum Gasteiger partial charge on any atom is -0.330 e. The Labute approximate surface area is 107 Å². The third kappa shape index (κ3) is 6.56. The molecule has 0 saturated carbocycles. The number of aryl methyl sites for hydroxylation is 2. The van der Waals surface area contributed by atoms with E-state index in [2.05, 4.69) is 6.92 Å². The lowest BCUT2D eigenvalue weighted by Gasteiger charge is -2.03. The van der Waals surface area contributed by atoms with Crippen LogP contribution in [0.1, 0.15) is 37.3 Å². The minimum absolute atomic E-state index is 0.535. The fraction of sp³-hybridized carbons (Fsp3) is 0.538. The predicted octanol–water partition coefficient (Wildman–Crippen LogP) is 3.02. The number of rotatable bonds is 4. The monoisotopic (exact) mass is 257 g/mol. The Morgan fingerprint density at radius 3 is 2.00 bits per heavy atom. The second-order valence-electron chi connectivity index (χ2n) is 3.97. The van der Waals surface area contributed by atoms with Gasteiger partial charge in [0, 0.05) is 0 Å². The molecule has 4 heteroatoms. The Bertz CT molecular complexity index is 329. The minimum atomic E-state index is -1.85. The summed E-state index contributed by atoms with van der Waals surface area (Å²) < 4.78 is 19.6. The highest BCUT2D eigenvalue weighted by Crippen LogP contribution is 2.15. The van der Waals surface area contributed by atoms with Crippen molar-refractivity contribution in [1.82, 2.24) is 0 Å². The zero-order chi connectivity index (χ0) is 13.3. The summed E-state index contributed by atoms with van der Waals surface area (Å²) in [7, 11) is 0. The molecule has 0 heterocycles. The molecule has 1 aromatic carbocycles. The van der Waals surface area contributed by atoms with Crippen LogP contribution in [0.5, 0.6) is 0 Å². The molecular formula is C13H23NO2S. The summed E-state index contributed by atoms with van der Waals surface area (Å²) >= 11 is -1.85. The van der Waals surface area contributed by atoms with Crippen LogP contribution in [0.25, 0.3) is 0 Å². The van der Waals surface area contributed by atoms with E-state index in [0.717, 1.165) is 17.7 Å². The lowest BCUT2D eigenvalue weighted by Crippen LogP contribution is -1.96. The van der Waals surface area contributed by atoms with Crippen LogP contribution in [0.2, 0.25) is 0 Å².